The lowest BCUT2D eigenvalue weighted by molar-refractivity contribution is -0.358. The van der Waals surface area contributed by atoms with Crippen molar-refractivity contribution in [2.45, 2.75) is 0 Å². The van der Waals surface area contributed by atoms with Crippen LogP contribution >= 0.6 is 27.5 Å². The summed E-state index contributed by atoms with van der Waals surface area (Å²) >= 11 is 9.00. The van der Waals surface area contributed by atoms with Crippen molar-refractivity contribution in [3.05, 3.63) is 68.0 Å². The molecule has 0 spiro atoms. The molecule has 0 aliphatic carbocycles. The van der Waals surface area contributed by atoms with Crippen molar-refractivity contribution < 1.29 is 13.9 Å². The van der Waals surface area contributed by atoms with Crippen molar-refractivity contribution in [1.82, 2.24) is 0 Å². The topological polar surface area (TPSA) is 43.1 Å². The Balaban J connectivity index is 2.22. The lowest BCUT2D eigenvalue weighted by atomic mass is 10.0. The molecule has 0 bridgehead atoms. The van der Waals surface area contributed by atoms with Crippen LogP contribution in [0.15, 0.2) is 40.9 Å². The molecule has 3 rings (SSSR count). The molecule has 2 aromatic carbocycles. The molecule has 0 saturated carbocycles. The molecule has 0 radical (unpaired) electrons. The van der Waals surface area contributed by atoms with Crippen molar-refractivity contribution in [1.29, 1.82) is 0 Å². The molecule has 3 nitrogen and oxygen atoms in total. The molecule has 20 heavy (non-hydrogen) atoms. The first-order valence-electron chi connectivity index (χ1n) is 5.63. The molecule has 6 heteroatoms. The average molecular weight is 355 g/mol. The van der Waals surface area contributed by atoms with Crippen molar-refractivity contribution in [3.63, 3.8) is 0 Å². The number of ketones is 1. The van der Waals surface area contributed by atoms with Gasteiger partial charge >= 0.3 is 0 Å². The van der Waals surface area contributed by atoms with Gasteiger partial charge in [-0.05, 0) is 36.4 Å². The Hall–Kier alpha value is -1.72. The molecule has 0 unspecified atom stereocenters. The molecule has 0 fully saturated rings. The van der Waals surface area contributed by atoms with Gasteiger partial charge in [-0.1, -0.05) is 27.5 Å². The molecule has 0 N–H and O–H groups in total. The van der Waals surface area contributed by atoms with Gasteiger partial charge in [0, 0.05) is 9.50 Å². The highest BCUT2D eigenvalue weighted by Gasteiger charge is 2.39. The zero-order valence-electron chi connectivity index (χ0n) is 9.86. The summed E-state index contributed by atoms with van der Waals surface area (Å²) in [5, 5.41) is 12.3. The molecule has 0 saturated heterocycles. The maximum Gasteiger partial charge on any atom is 0.273 e. The highest BCUT2D eigenvalue weighted by atomic mass is 79.9. The highest BCUT2D eigenvalue weighted by Crippen LogP contribution is 2.33. The first-order chi connectivity index (χ1) is 9.49. The summed E-state index contributed by atoms with van der Waals surface area (Å²) in [6, 6.07) is 8.97. The zero-order chi connectivity index (χ0) is 14.4. The summed E-state index contributed by atoms with van der Waals surface area (Å²) in [6.07, 6.45) is 0. The second-order valence-electron chi connectivity index (χ2n) is 4.26. The van der Waals surface area contributed by atoms with E-state index < -0.39 is 11.6 Å². The van der Waals surface area contributed by atoms with Gasteiger partial charge < -0.3 is 5.21 Å². The van der Waals surface area contributed by atoms with Gasteiger partial charge in [0.1, 0.15) is 5.56 Å². The Morgan fingerprint density at radius 1 is 1.20 bits per heavy atom. The Morgan fingerprint density at radius 3 is 2.50 bits per heavy atom. The Kier molecular flexibility index (Phi) is 3.11. The van der Waals surface area contributed by atoms with Crippen LogP contribution in [0.1, 0.15) is 15.9 Å². The summed E-state index contributed by atoms with van der Waals surface area (Å²) in [4.78, 5) is 12.3. The summed E-state index contributed by atoms with van der Waals surface area (Å²) in [7, 11) is 0. The zero-order valence-corrected chi connectivity index (χ0v) is 12.2. The van der Waals surface area contributed by atoms with Gasteiger partial charge in [0.15, 0.2) is 5.82 Å². The monoisotopic (exact) mass is 353 g/mol. The summed E-state index contributed by atoms with van der Waals surface area (Å²) in [5.41, 5.74) is 0.0360. The van der Waals surface area contributed by atoms with Gasteiger partial charge in [-0.15, -0.1) is 0 Å². The lowest BCUT2D eigenvalue weighted by Crippen LogP contribution is -2.16. The third-order valence-electron chi connectivity index (χ3n) is 3.01. The van der Waals surface area contributed by atoms with Gasteiger partial charge in [-0.2, -0.15) is 9.13 Å². The van der Waals surface area contributed by atoms with E-state index in [0.717, 1.165) is 10.5 Å². The molecule has 0 atom stereocenters. The average Bonchev–Trinajstić information content (AvgIpc) is 2.63. The molecule has 1 aliphatic heterocycles. The van der Waals surface area contributed by atoms with Gasteiger partial charge in [0.25, 0.3) is 17.2 Å². The van der Waals surface area contributed by atoms with Crippen LogP contribution < -0.4 is 0 Å². The molecule has 1 aliphatic rings. The number of carbonyl (C=O) groups excluding carboxylic acids is 1. The first-order valence-corrected chi connectivity index (χ1v) is 6.80. The van der Waals surface area contributed by atoms with E-state index in [-0.39, 0.29) is 22.0 Å². The standard InChI is InChI=1S/C14H6BrClFNO2/c15-8-3-1-7(2-4-8)12-14(19)10-5-9(16)6-11(17)13(10)18(12)20/h1-6H. The van der Waals surface area contributed by atoms with E-state index in [4.69, 9.17) is 11.6 Å². The Morgan fingerprint density at radius 2 is 1.85 bits per heavy atom. The predicted octanol–water partition coefficient (Wildman–Crippen LogP) is 4.07. The number of hydrogen-bond acceptors (Lipinski definition) is 2. The van der Waals surface area contributed by atoms with Crippen molar-refractivity contribution in [2.24, 2.45) is 0 Å². The quantitative estimate of drug-likeness (QED) is 0.572. The maximum atomic E-state index is 13.8. The van der Waals surface area contributed by atoms with E-state index in [1.54, 1.807) is 24.3 Å². The Bertz CT molecular complexity index is 771. The normalized spacial score (nSPS) is 13.8. The van der Waals surface area contributed by atoms with Crippen LogP contribution in [-0.4, -0.2) is 16.2 Å². The van der Waals surface area contributed by atoms with Gasteiger partial charge in [0.05, 0.1) is 5.56 Å². The number of benzene rings is 2. The van der Waals surface area contributed by atoms with E-state index in [2.05, 4.69) is 15.9 Å². The minimum atomic E-state index is -0.803. The van der Waals surface area contributed by atoms with Crippen LogP contribution in [-0.2, 0) is 0 Å². The van der Waals surface area contributed by atoms with Crippen LogP contribution in [0, 0.1) is 11.0 Å². The lowest BCUT2D eigenvalue weighted by Gasteiger charge is -2.03. The van der Waals surface area contributed by atoms with E-state index in [1.165, 1.54) is 6.07 Å². The van der Waals surface area contributed by atoms with Crippen molar-refractivity contribution >= 4 is 44.7 Å². The number of rotatable bonds is 1. The van der Waals surface area contributed by atoms with Crippen molar-refractivity contribution in [3.8, 4) is 0 Å². The predicted molar refractivity (Wildman–Crippen MR) is 77.3 cm³/mol. The highest BCUT2D eigenvalue weighted by molar-refractivity contribution is 9.10. The van der Waals surface area contributed by atoms with Crippen LogP contribution in [0.2, 0.25) is 5.02 Å². The summed E-state index contributed by atoms with van der Waals surface area (Å²) < 4.78 is 15.0. The number of fused-ring (bicyclic) bond motifs is 1. The van der Waals surface area contributed by atoms with E-state index >= 15 is 0 Å². The van der Waals surface area contributed by atoms with Crippen molar-refractivity contribution in [2.75, 3.05) is 0 Å². The molecular formula is C14H6BrClFNO2. The minimum Gasteiger partial charge on any atom is -0.618 e. The first kappa shape index (κ1) is 13.3. The van der Waals surface area contributed by atoms with E-state index in [0.29, 0.717) is 10.3 Å². The molecular weight excluding hydrogens is 349 g/mol. The number of halogens is 3. The fourth-order valence-electron chi connectivity index (χ4n) is 2.13. The van der Waals surface area contributed by atoms with Gasteiger partial charge in [-0.25, -0.2) is 0 Å². The third-order valence-corrected chi connectivity index (χ3v) is 3.76. The molecule has 0 aromatic heterocycles. The number of carbonyl (C=O) groups is 1. The van der Waals surface area contributed by atoms with Gasteiger partial charge in [-0.3, -0.25) is 4.79 Å². The second kappa shape index (κ2) is 4.68. The molecule has 100 valence electrons. The molecule has 1 heterocycles. The fourth-order valence-corrected chi connectivity index (χ4v) is 2.60. The minimum absolute atomic E-state index is 0.0112. The van der Waals surface area contributed by atoms with Crippen LogP contribution in [0.25, 0.3) is 0 Å². The molecule has 0 amide bonds. The largest absolute Gasteiger partial charge is 0.618 e. The van der Waals surface area contributed by atoms with Crippen LogP contribution in [0.3, 0.4) is 0 Å². The second-order valence-corrected chi connectivity index (χ2v) is 5.61. The SMILES string of the molecule is O=C1C(c2ccc(Br)cc2)=[N+]([O-])c2c(F)cc(Cl)cc21. The van der Waals surface area contributed by atoms with E-state index in [9.17, 15) is 14.4 Å². The summed E-state index contributed by atoms with van der Waals surface area (Å²) in [5.74, 6) is -1.33. The van der Waals surface area contributed by atoms with E-state index in [1.807, 2.05) is 0 Å². The Labute approximate surface area is 127 Å². The third kappa shape index (κ3) is 1.94. The van der Waals surface area contributed by atoms with Crippen LogP contribution in [0.5, 0.6) is 0 Å². The number of nitrogens with zero attached hydrogens (tertiary/aromatic N) is 1. The number of Topliss-reactive ketones (excluding diaryl/α,β-unsaturated/α-hetero) is 1. The van der Waals surface area contributed by atoms with Gasteiger partial charge in [0.2, 0.25) is 0 Å². The van der Waals surface area contributed by atoms with Crippen LogP contribution in [0.4, 0.5) is 10.1 Å². The smallest absolute Gasteiger partial charge is 0.273 e. The fraction of sp³-hybridized carbons (Fsp3) is 0. The summed E-state index contributed by atoms with van der Waals surface area (Å²) in [6.45, 7) is 0. The maximum absolute atomic E-state index is 13.8. The molecule has 2 aromatic rings. The number of hydrogen-bond donors (Lipinski definition) is 0.